The molecule has 1 aromatic carbocycles. The van der Waals surface area contributed by atoms with Crippen molar-refractivity contribution in [3.63, 3.8) is 0 Å². The molecule has 0 unspecified atom stereocenters. The minimum atomic E-state index is 1.05. The highest BCUT2D eigenvalue weighted by atomic mass is 32.1. The summed E-state index contributed by atoms with van der Waals surface area (Å²) >= 11 is 1.80. The second-order valence-corrected chi connectivity index (χ2v) is 5.09. The summed E-state index contributed by atoms with van der Waals surface area (Å²) in [6.45, 7) is 7.70. The van der Waals surface area contributed by atoms with Crippen LogP contribution >= 0.6 is 11.3 Å². The van der Waals surface area contributed by atoms with Gasteiger partial charge in [-0.25, -0.2) is 0 Å². The van der Waals surface area contributed by atoms with Gasteiger partial charge in [0.2, 0.25) is 0 Å². The molecule has 2 heteroatoms. The van der Waals surface area contributed by atoms with E-state index in [4.69, 9.17) is 0 Å². The zero-order valence-corrected chi connectivity index (χ0v) is 11.3. The summed E-state index contributed by atoms with van der Waals surface area (Å²) in [6, 6.07) is 13.2. The van der Waals surface area contributed by atoms with Crippen LogP contribution in [0, 0.1) is 0 Å². The van der Waals surface area contributed by atoms with Gasteiger partial charge in [-0.15, -0.1) is 11.3 Å². The topological polar surface area (TPSA) is 3.24 Å². The molecular formula is C15H19NS. The quantitative estimate of drug-likeness (QED) is 0.761. The summed E-state index contributed by atoms with van der Waals surface area (Å²) < 4.78 is 0. The molecule has 1 aromatic heterocycles. The Morgan fingerprint density at radius 2 is 1.88 bits per heavy atom. The van der Waals surface area contributed by atoms with Crippen molar-refractivity contribution in [3.8, 4) is 10.4 Å². The highest BCUT2D eigenvalue weighted by molar-refractivity contribution is 7.13. The maximum Gasteiger partial charge on any atom is 0.0342 e. The molecule has 0 amide bonds. The second-order valence-electron chi connectivity index (χ2n) is 4.14. The summed E-state index contributed by atoms with van der Waals surface area (Å²) in [5.41, 5.74) is 2.74. The van der Waals surface area contributed by atoms with E-state index in [0.717, 1.165) is 19.6 Å². The maximum atomic E-state index is 2.44. The molecule has 0 fully saturated rings. The number of thiophene rings is 1. The third-order valence-electron chi connectivity index (χ3n) is 3.03. The third kappa shape index (κ3) is 3.18. The van der Waals surface area contributed by atoms with E-state index in [2.05, 4.69) is 60.5 Å². The number of nitrogens with zero attached hydrogens (tertiary/aromatic N) is 1. The van der Waals surface area contributed by atoms with Gasteiger partial charge in [0.15, 0.2) is 0 Å². The van der Waals surface area contributed by atoms with E-state index in [9.17, 15) is 0 Å². The van der Waals surface area contributed by atoms with E-state index in [1.54, 1.807) is 11.3 Å². The van der Waals surface area contributed by atoms with Gasteiger partial charge in [-0.05, 0) is 41.7 Å². The van der Waals surface area contributed by atoms with Crippen molar-refractivity contribution in [2.75, 3.05) is 13.1 Å². The van der Waals surface area contributed by atoms with Crippen LogP contribution in [0.5, 0.6) is 0 Å². The molecule has 0 aliphatic heterocycles. The van der Waals surface area contributed by atoms with Crippen LogP contribution in [0.15, 0.2) is 41.8 Å². The highest BCUT2D eigenvalue weighted by Gasteiger charge is 2.03. The van der Waals surface area contributed by atoms with Crippen molar-refractivity contribution in [2.24, 2.45) is 0 Å². The normalized spacial score (nSPS) is 11.0. The monoisotopic (exact) mass is 245 g/mol. The third-order valence-corrected chi connectivity index (χ3v) is 3.95. The second kappa shape index (κ2) is 5.99. The predicted octanol–water partition coefficient (Wildman–Crippen LogP) is 4.26. The molecule has 1 heterocycles. The van der Waals surface area contributed by atoms with Crippen LogP contribution in [-0.2, 0) is 6.54 Å². The standard InChI is InChI=1S/C15H19NS/c1-3-16(4-2)12-13-7-5-8-14(11-13)15-9-6-10-17-15/h5-11H,3-4,12H2,1-2H3. The first-order chi connectivity index (χ1) is 8.33. The Morgan fingerprint density at radius 3 is 2.53 bits per heavy atom. The molecule has 2 rings (SSSR count). The van der Waals surface area contributed by atoms with E-state index < -0.39 is 0 Å². The summed E-state index contributed by atoms with van der Waals surface area (Å²) in [5, 5.41) is 2.13. The van der Waals surface area contributed by atoms with Crippen molar-refractivity contribution >= 4 is 11.3 Å². The first-order valence-corrected chi connectivity index (χ1v) is 7.06. The number of hydrogen-bond donors (Lipinski definition) is 0. The van der Waals surface area contributed by atoms with E-state index in [1.807, 2.05) is 0 Å². The average molecular weight is 245 g/mol. The van der Waals surface area contributed by atoms with Gasteiger partial charge in [0, 0.05) is 11.4 Å². The molecule has 0 aliphatic carbocycles. The lowest BCUT2D eigenvalue weighted by molar-refractivity contribution is 0.296. The van der Waals surface area contributed by atoms with Crippen LogP contribution in [0.4, 0.5) is 0 Å². The molecule has 0 saturated carbocycles. The van der Waals surface area contributed by atoms with Crippen molar-refractivity contribution in [1.29, 1.82) is 0 Å². The first kappa shape index (κ1) is 12.3. The van der Waals surface area contributed by atoms with Crippen molar-refractivity contribution in [2.45, 2.75) is 20.4 Å². The molecule has 2 aromatic rings. The van der Waals surface area contributed by atoms with Crippen LogP contribution in [0.2, 0.25) is 0 Å². The van der Waals surface area contributed by atoms with Gasteiger partial charge >= 0.3 is 0 Å². The summed E-state index contributed by atoms with van der Waals surface area (Å²) in [7, 11) is 0. The van der Waals surface area contributed by atoms with E-state index in [1.165, 1.54) is 16.0 Å². The smallest absolute Gasteiger partial charge is 0.0342 e. The Balaban J connectivity index is 2.17. The van der Waals surface area contributed by atoms with Crippen LogP contribution in [-0.4, -0.2) is 18.0 Å². The summed E-state index contributed by atoms with van der Waals surface area (Å²) in [4.78, 5) is 3.79. The SMILES string of the molecule is CCN(CC)Cc1cccc(-c2cccs2)c1. The zero-order valence-electron chi connectivity index (χ0n) is 10.5. The van der Waals surface area contributed by atoms with Gasteiger partial charge in [-0.2, -0.15) is 0 Å². The van der Waals surface area contributed by atoms with Gasteiger partial charge in [-0.3, -0.25) is 4.90 Å². The van der Waals surface area contributed by atoms with Gasteiger partial charge in [-0.1, -0.05) is 38.1 Å². The van der Waals surface area contributed by atoms with Gasteiger partial charge in [0.25, 0.3) is 0 Å². The Morgan fingerprint density at radius 1 is 1.06 bits per heavy atom. The summed E-state index contributed by atoms with van der Waals surface area (Å²) in [5.74, 6) is 0. The Kier molecular flexibility index (Phi) is 4.35. The van der Waals surface area contributed by atoms with E-state index >= 15 is 0 Å². The molecule has 0 aliphatic rings. The molecule has 0 radical (unpaired) electrons. The Hall–Kier alpha value is -1.12. The first-order valence-electron chi connectivity index (χ1n) is 6.18. The number of hydrogen-bond acceptors (Lipinski definition) is 2. The van der Waals surface area contributed by atoms with Crippen LogP contribution in [0.1, 0.15) is 19.4 Å². The molecule has 1 nitrogen and oxygen atoms in total. The number of benzene rings is 1. The van der Waals surface area contributed by atoms with Crippen LogP contribution < -0.4 is 0 Å². The lowest BCUT2D eigenvalue weighted by Crippen LogP contribution is -2.22. The van der Waals surface area contributed by atoms with Gasteiger partial charge in [0.05, 0.1) is 0 Å². The lowest BCUT2D eigenvalue weighted by atomic mass is 10.1. The molecule has 0 spiro atoms. The average Bonchev–Trinajstić information content (AvgIpc) is 2.90. The fraction of sp³-hybridized carbons (Fsp3) is 0.333. The Bertz CT molecular complexity index is 444. The molecule has 0 N–H and O–H groups in total. The minimum Gasteiger partial charge on any atom is -0.300 e. The van der Waals surface area contributed by atoms with Crippen LogP contribution in [0.25, 0.3) is 10.4 Å². The predicted molar refractivity (Wildman–Crippen MR) is 76.4 cm³/mol. The van der Waals surface area contributed by atoms with E-state index in [-0.39, 0.29) is 0 Å². The molecule has 0 bridgehead atoms. The fourth-order valence-electron chi connectivity index (χ4n) is 1.97. The fourth-order valence-corrected chi connectivity index (χ4v) is 2.70. The van der Waals surface area contributed by atoms with Gasteiger partial charge in [0.1, 0.15) is 0 Å². The lowest BCUT2D eigenvalue weighted by Gasteiger charge is -2.18. The molecule has 17 heavy (non-hydrogen) atoms. The van der Waals surface area contributed by atoms with Crippen molar-refractivity contribution < 1.29 is 0 Å². The van der Waals surface area contributed by atoms with Crippen molar-refractivity contribution in [3.05, 3.63) is 47.3 Å². The molecular weight excluding hydrogens is 226 g/mol. The molecule has 0 saturated heterocycles. The maximum absolute atomic E-state index is 2.44. The molecule has 0 atom stereocenters. The minimum absolute atomic E-state index is 1.05. The van der Waals surface area contributed by atoms with Crippen molar-refractivity contribution in [1.82, 2.24) is 4.90 Å². The van der Waals surface area contributed by atoms with E-state index in [0.29, 0.717) is 0 Å². The largest absolute Gasteiger partial charge is 0.300 e. The summed E-state index contributed by atoms with van der Waals surface area (Å²) in [6.07, 6.45) is 0. The zero-order chi connectivity index (χ0) is 12.1. The van der Waals surface area contributed by atoms with Gasteiger partial charge < -0.3 is 0 Å². The highest BCUT2D eigenvalue weighted by Crippen LogP contribution is 2.25. The molecule has 90 valence electrons. The Labute approximate surface area is 108 Å². The van der Waals surface area contributed by atoms with Crippen LogP contribution in [0.3, 0.4) is 0 Å². The number of rotatable bonds is 5.